The van der Waals surface area contributed by atoms with Gasteiger partial charge in [0.05, 0.1) is 19.4 Å². The van der Waals surface area contributed by atoms with Gasteiger partial charge in [0.25, 0.3) is 0 Å². The van der Waals surface area contributed by atoms with Crippen LogP contribution in [0.3, 0.4) is 0 Å². The van der Waals surface area contributed by atoms with Gasteiger partial charge in [0, 0.05) is 11.3 Å². The minimum atomic E-state index is -0.0423. The van der Waals surface area contributed by atoms with Gasteiger partial charge in [-0.25, -0.2) is 0 Å². The molecule has 4 nitrogen and oxygen atoms in total. The van der Waals surface area contributed by atoms with E-state index in [1.165, 1.54) is 0 Å². The maximum Gasteiger partial charge on any atom is 0.224 e. The summed E-state index contributed by atoms with van der Waals surface area (Å²) < 4.78 is 10.8. The maximum atomic E-state index is 12.1. The van der Waals surface area contributed by atoms with E-state index in [1.807, 2.05) is 49.4 Å². The normalized spacial score (nSPS) is 10.2. The third-order valence-corrected chi connectivity index (χ3v) is 3.74. The molecule has 0 heterocycles. The number of methoxy groups -OCH3 is 1. The number of aryl methyl sites for hydroxylation is 1. The van der Waals surface area contributed by atoms with Crippen molar-refractivity contribution in [1.82, 2.24) is 0 Å². The lowest BCUT2D eigenvalue weighted by Crippen LogP contribution is -2.12. The molecule has 0 spiro atoms. The second-order valence-electron chi connectivity index (χ2n) is 4.98. The lowest BCUT2D eigenvalue weighted by atomic mass is 10.1. The molecule has 1 N–H and O–H groups in total. The topological polar surface area (TPSA) is 47.6 Å². The molecule has 0 aliphatic carbocycles. The molecule has 0 aromatic heterocycles. The van der Waals surface area contributed by atoms with Crippen LogP contribution in [0.5, 0.6) is 11.5 Å². The number of hydrogen-bond acceptors (Lipinski definition) is 4. The average molecular weight is 331 g/mol. The standard InChI is InChI=1S/C18H21NO3S/c1-3-22-15-10-8-13(12-16(15)21-2)9-11-18(20)19-14-6-4-5-7-17(14)23/h4-8,10,12,23H,3,9,11H2,1-2H3,(H,19,20). The smallest absolute Gasteiger partial charge is 0.224 e. The first-order chi connectivity index (χ1) is 11.1. The molecule has 0 unspecified atom stereocenters. The number of nitrogens with one attached hydrogen (secondary N) is 1. The zero-order chi connectivity index (χ0) is 16.7. The molecule has 0 atom stereocenters. The van der Waals surface area contributed by atoms with Crippen molar-refractivity contribution < 1.29 is 14.3 Å². The molecule has 122 valence electrons. The molecule has 0 aliphatic rings. The molecular formula is C18H21NO3S. The van der Waals surface area contributed by atoms with Gasteiger partial charge >= 0.3 is 0 Å². The Bertz CT molecular complexity index is 673. The first kappa shape index (κ1) is 17.2. The summed E-state index contributed by atoms with van der Waals surface area (Å²) in [5.41, 5.74) is 1.75. The molecule has 23 heavy (non-hydrogen) atoms. The molecule has 0 saturated heterocycles. The predicted molar refractivity (Wildman–Crippen MR) is 94.8 cm³/mol. The monoisotopic (exact) mass is 331 g/mol. The van der Waals surface area contributed by atoms with Crippen molar-refractivity contribution >= 4 is 24.2 Å². The van der Waals surface area contributed by atoms with E-state index < -0.39 is 0 Å². The van der Waals surface area contributed by atoms with Crippen molar-refractivity contribution in [2.75, 3.05) is 19.0 Å². The highest BCUT2D eigenvalue weighted by Crippen LogP contribution is 2.28. The fourth-order valence-electron chi connectivity index (χ4n) is 2.19. The van der Waals surface area contributed by atoms with Crippen molar-refractivity contribution in [3.05, 3.63) is 48.0 Å². The van der Waals surface area contributed by atoms with Crippen molar-refractivity contribution in [3.63, 3.8) is 0 Å². The third-order valence-electron chi connectivity index (χ3n) is 3.35. The number of hydrogen-bond donors (Lipinski definition) is 2. The van der Waals surface area contributed by atoms with Gasteiger partial charge in [0.15, 0.2) is 11.5 Å². The Balaban J connectivity index is 1.95. The number of ether oxygens (including phenoxy) is 2. The Hall–Kier alpha value is -2.14. The Kier molecular flexibility index (Phi) is 6.35. The summed E-state index contributed by atoms with van der Waals surface area (Å²) in [6, 6.07) is 13.2. The van der Waals surface area contributed by atoms with Gasteiger partial charge in [0.2, 0.25) is 5.91 Å². The van der Waals surface area contributed by atoms with Gasteiger partial charge in [0.1, 0.15) is 0 Å². The average Bonchev–Trinajstić information content (AvgIpc) is 2.56. The number of thiol groups is 1. The van der Waals surface area contributed by atoms with E-state index in [9.17, 15) is 4.79 Å². The molecule has 1 amide bonds. The maximum absolute atomic E-state index is 12.1. The van der Waals surface area contributed by atoms with E-state index in [-0.39, 0.29) is 5.91 Å². The highest BCUT2D eigenvalue weighted by atomic mass is 32.1. The number of para-hydroxylation sites is 1. The van der Waals surface area contributed by atoms with Crippen molar-refractivity contribution in [3.8, 4) is 11.5 Å². The lowest BCUT2D eigenvalue weighted by Gasteiger charge is -2.11. The molecular weight excluding hydrogens is 310 g/mol. The second-order valence-corrected chi connectivity index (χ2v) is 5.47. The summed E-state index contributed by atoms with van der Waals surface area (Å²) in [5.74, 6) is 1.36. The Morgan fingerprint density at radius 2 is 1.96 bits per heavy atom. The van der Waals surface area contributed by atoms with E-state index in [0.717, 1.165) is 16.1 Å². The van der Waals surface area contributed by atoms with E-state index in [2.05, 4.69) is 17.9 Å². The molecule has 2 aromatic carbocycles. The first-order valence-corrected chi connectivity index (χ1v) is 7.96. The molecule has 0 radical (unpaired) electrons. The Labute approximate surface area is 142 Å². The van der Waals surface area contributed by atoms with E-state index in [1.54, 1.807) is 7.11 Å². The SMILES string of the molecule is CCOc1ccc(CCC(=O)Nc2ccccc2S)cc1OC. The van der Waals surface area contributed by atoms with Gasteiger partial charge in [-0.1, -0.05) is 18.2 Å². The molecule has 2 rings (SSSR count). The minimum Gasteiger partial charge on any atom is -0.493 e. The number of anilines is 1. The van der Waals surface area contributed by atoms with E-state index in [0.29, 0.717) is 30.9 Å². The summed E-state index contributed by atoms with van der Waals surface area (Å²) >= 11 is 4.32. The van der Waals surface area contributed by atoms with Gasteiger partial charge in [-0.2, -0.15) is 0 Å². The molecule has 0 bridgehead atoms. The van der Waals surface area contributed by atoms with Crippen LogP contribution in [0.4, 0.5) is 5.69 Å². The number of carbonyl (C=O) groups excluding carboxylic acids is 1. The lowest BCUT2D eigenvalue weighted by molar-refractivity contribution is -0.116. The molecule has 0 saturated carbocycles. The van der Waals surface area contributed by atoms with E-state index >= 15 is 0 Å². The molecule has 2 aromatic rings. The highest BCUT2D eigenvalue weighted by Gasteiger charge is 2.08. The first-order valence-electron chi connectivity index (χ1n) is 7.51. The Morgan fingerprint density at radius 1 is 1.17 bits per heavy atom. The van der Waals surface area contributed by atoms with Gasteiger partial charge in [-0.15, -0.1) is 12.6 Å². The van der Waals surface area contributed by atoms with E-state index in [4.69, 9.17) is 9.47 Å². The van der Waals surface area contributed by atoms with Crippen LogP contribution < -0.4 is 14.8 Å². The molecule has 5 heteroatoms. The third kappa shape index (κ3) is 4.93. The number of rotatable bonds is 7. The zero-order valence-corrected chi connectivity index (χ0v) is 14.2. The second kappa shape index (κ2) is 8.48. The summed E-state index contributed by atoms with van der Waals surface area (Å²) in [4.78, 5) is 12.8. The quantitative estimate of drug-likeness (QED) is 0.755. The largest absolute Gasteiger partial charge is 0.493 e. The van der Waals surface area contributed by atoms with Crippen molar-refractivity contribution in [2.45, 2.75) is 24.7 Å². The highest BCUT2D eigenvalue weighted by molar-refractivity contribution is 7.80. The van der Waals surface area contributed by atoms with Crippen LogP contribution in [-0.4, -0.2) is 19.6 Å². The van der Waals surface area contributed by atoms with Crippen LogP contribution >= 0.6 is 12.6 Å². The van der Waals surface area contributed by atoms with Crippen LogP contribution in [0, 0.1) is 0 Å². The van der Waals surface area contributed by atoms with Gasteiger partial charge in [-0.3, -0.25) is 4.79 Å². The number of carbonyl (C=O) groups is 1. The van der Waals surface area contributed by atoms with Gasteiger partial charge in [-0.05, 0) is 43.2 Å². The van der Waals surface area contributed by atoms with Crippen LogP contribution in [0.25, 0.3) is 0 Å². The number of benzene rings is 2. The summed E-state index contributed by atoms with van der Waals surface area (Å²) in [6.07, 6.45) is 1.02. The van der Waals surface area contributed by atoms with Crippen LogP contribution in [0.15, 0.2) is 47.4 Å². The summed E-state index contributed by atoms with van der Waals surface area (Å²) in [7, 11) is 1.61. The molecule has 0 aliphatic heterocycles. The van der Waals surface area contributed by atoms with Gasteiger partial charge < -0.3 is 14.8 Å². The number of amides is 1. The minimum absolute atomic E-state index is 0.0423. The zero-order valence-electron chi connectivity index (χ0n) is 13.3. The van der Waals surface area contributed by atoms with Crippen LogP contribution in [0.2, 0.25) is 0 Å². The Morgan fingerprint density at radius 3 is 2.65 bits per heavy atom. The van der Waals surface area contributed by atoms with Crippen molar-refractivity contribution in [2.24, 2.45) is 0 Å². The fourth-order valence-corrected chi connectivity index (χ4v) is 2.41. The van der Waals surface area contributed by atoms with Crippen LogP contribution in [-0.2, 0) is 11.2 Å². The predicted octanol–water partition coefficient (Wildman–Crippen LogP) is 3.95. The van der Waals surface area contributed by atoms with Crippen LogP contribution in [0.1, 0.15) is 18.9 Å². The summed E-state index contributed by atoms with van der Waals surface area (Å²) in [6.45, 7) is 2.51. The molecule has 0 fully saturated rings. The van der Waals surface area contributed by atoms with Crippen molar-refractivity contribution in [1.29, 1.82) is 0 Å². The summed E-state index contributed by atoms with van der Waals surface area (Å²) in [5, 5.41) is 2.87. The fraction of sp³-hybridized carbons (Fsp3) is 0.278.